The first kappa shape index (κ1) is 23.3. The number of nitrogens with zero attached hydrogens (tertiary/aromatic N) is 3. The number of amides is 2. The van der Waals surface area contributed by atoms with Crippen molar-refractivity contribution in [2.45, 2.75) is 13.0 Å². The summed E-state index contributed by atoms with van der Waals surface area (Å²) in [5.74, 6) is 0.613. The van der Waals surface area contributed by atoms with Crippen LogP contribution in [0.15, 0.2) is 48.5 Å². The van der Waals surface area contributed by atoms with E-state index in [1.807, 2.05) is 36.1 Å². The molecule has 0 bridgehead atoms. The Kier molecular flexibility index (Phi) is 8.01. The molecule has 1 atom stereocenters. The van der Waals surface area contributed by atoms with E-state index in [0.29, 0.717) is 39.5 Å². The Labute approximate surface area is 195 Å². The molecule has 1 N–H and O–H groups in total. The molecule has 2 aliphatic rings. The standard InChI is InChI=1S/C25H33FN4O3/c1-2-33-24-9-4-3-8-22(24)28-10-12-30(13-11-28)25(31)27-19-23(29-14-16-32-17-15-29)20-6-5-7-21(26)18-20/h3-9,18,23H,2,10-17,19H2,1H3,(H,27,31). The van der Waals surface area contributed by atoms with Crippen LogP contribution in [0.5, 0.6) is 5.75 Å². The molecule has 0 spiro atoms. The molecular formula is C25H33FN4O3. The summed E-state index contributed by atoms with van der Waals surface area (Å²) < 4.78 is 25.1. The van der Waals surface area contributed by atoms with Gasteiger partial charge in [-0.25, -0.2) is 9.18 Å². The molecule has 2 saturated heterocycles. The molecule has 2 aliphatic heterocycles. The monoisotopic (exact) mass is 456 g/mol. The third kappa shape index (κ3) is 5.94. The number of carbonyl (C=O) groups excluding carboxylic acids is 1. The number of nitrogens with one attached hydrogen (secondary N) is 1. The van der Waals surface area contributed by atoms with Crippen LogP contribution in [0.25, 0.3) is 0 Å². The number of para-hydroxylation sites is 2. The summed E-state index contributed by atoms with van der Waals surface area (Å²) in [6.45, 7) is 8.59. The first-order valence-electron chi connectivity index (χ1n) is 11.7. The zero-order valence-corrected chi connectivity index (χ0v) is 19.2. The van der Waals surface area contributed by atoms with E-state index in [9.17, 15) is 9.18 Å². The van der Waals surface area contributed by atoms with Crippen molar-refractivity contribution in [3.63, 3.8) is 0 Å². The minimum Gasteiger partial charge on any atom is -0.492 e. The Bertz CT molecular complexity index is 914. The van der Waals surface area contributed by atoms with Crippen molar-refractivity contribution in [2.75, 3.05) is 70.5 Å². The number of halogens is 1. The van der Waals surface area contributed by atoms with Gasteiger partial charge in [-0.3, -0.25) is 4.90 Å². The third-order valence-electron chi connectivity index (χ3n) is 6.24. The number of ether oxygens (including phenoxy) is 2. The van der Waals surface area contributed by atoms with Crippen molar-refractivity contribution >= 4 is 11.7 Å². The minimum atomic E-state index is -0.263. The van der Waals surface area contributed by atoms with Gasteiger partial charge < -0.3 is 24.6 Å². The van der Waals surface area contributed by atoms with Crippen LogP contribution >= 0.6 is 0 Å². The molecule has 2 fully saturated rings. The lowest BCUT2D eigenvalue weighted by atomic mass is 10.0. The Morgan fingerprint density at radius 1 is 1.06 bits per heavy atom. The van der Waals surface area contributed by atoms with Crippen LogP contribution in [0.4, 0.5) is 14.9 Å². The van der Waals surface area contributed by atoms with Gasteiger partial charge in [-0.15, -0.1) is 0 Å². The van der Waals surface area contributed by atoms with Crippen molar-refractivity contribution in [1.29, 1.82) is 0 Å². The molecule has 0 aliphatic carbocycles. The number of morpholine rings is 1. The number of piperazine rings is 1. The van der Waals surface area contributed by atoms with Crippen molar-refractivity contribution in [2.24, 2.45) is 0 Å². The SMILES string of the molecule is CCOc1ccccc1N1CCN(C(=O)NCC(c2cccc(F)c2)N2CCOCC2)CC1. The topological polar surface area (TPSA) is 57.3 Å². The van der Waals surface area contributed by atoms with Gasteiger partial charge in [0.2, 0.25) is 0 Å². The second kappa shape index (κ2) is 11.3. The molecular weight excluding hydrogens is 423 g/mol. The highest BCUT2D eigenvalue weighted by molar-refractivity contribution is 5.74. The van der Waals surface area contributed by atoms with E-state index in [1.54, 1.807) is 12.1 Å². The van der Waals surface area contributed by atoms with Crippen LogP contribution in [0.1, 0.15) is 18.5 Å². The zero-order valence-electron chi connectivity index (χ0n) is 19.2. The van der Waals surface area contributed by atoms with E-state index >= 15 is 0 Å². The predicted octanol–water partition coefficient (Wildman–Crippen LogP) is 3.13. The van der Waals surface area contributed by atoms with E-state index in [2.05, 4.69) is 21.2 Å². The predicted molar refractivity (Wildman–Crippen MR) is 126 cm³/mol. The second-order valence-corrected chi connectivity index (χ2v) is 8.28. The Balaban J connectivity index is 1.35. The van der Waals surface area contributed by atoms with Crippen LogP contribution in [0.3, 0.4) is 0 Å². The van der Waals surface area contributed by atoms with Gasteiger partial charge in [0.15, 0.2) is 0 Å². The van der Waals surface area contributed by atoms with E-state index in [1.165, 1.54) is 6.07 Å². The van der Waals surface area contributed by atoms with Crippen molar-refractivity contribution < 1.29 is 18.7 Å². The zero-order chi connectivity index (χ0) is 23.0. The molecule has 7 nitrogen and oxygen atoms in total. The normalized spacial score (nSPS) is 18.1. The molecule has 2 heterocycles. The first-order valence-corrected chi connectivity index (χ1v) is 11.7. The molecule has 33 heavy (non-hydrogen) atoms. The fourth-order valence-electron chi connectivity index (χ4n) is 4.50. The summed E-state index contributed by atoms with van der Waals surface area (Å²) in [4.78, 5) is 19.3. The number of anilines is 1. The second-order valence-electron chi connectivity index (χ2n) is 8.28. The third-order valence-corrected chi connectivity index (χ3v) is 6.24. The van der Waals surface area contributed by atoms with Crippen LogP contribution in [-0.4, -0.2) is 81.5 Å². The highest BCUT2D eigenvalue weighted by atomic mass is 19.1. The summed E-state index contributed by atoms with van der Waals surface area (Å²) in [5, 5.41) is 3.09. The van der Waals surface area contributed by atoms with Crippen LogP contribution < -0.4 is 15.0 Å². The van der Waals surface area contributed by atoms with Crippen LogP contribution in [0, 0.1) is 5.82 Å². The van der Waals surface area contributed by atoms with E-state index < -0.39 is 0 Å². The lowest BCUT2D eigenvalue weighted by Crippen LogP contribution is -2.53. The number of urea groups is 1. The summed E-state index contributed by atoms with van der Waals surface area (Å²) in [6, 6.07) is 14.5. The maximum absolute atomic E-state index is 13.9. The molecule has 4 rings (SSSR count). The Morgan fingerprint density at radius 3 is 2.55 bits per heavy atom. The summed E-state index contributed by atoms with van der Waals surface area (Å²) in [6.07, 6.45) is 0. The lowest BCUT2D eigenvalue weighted by molar-refractivity contribution is 0.0164. The van der Waals surface area contributed by atoms with Crippen molar-refractivity contribution in [3.8, 4) is 5.75 Å². The summed E-state index contributed by atoms with van der Waals surface area (Å²) in [7, 11) is 0. The van der Waals surface area contributed by atoms with Gasteiger partial charge in [-0.1, -0.05) is 24.3 Å². The largest absolute Gasteiger partial charge is 0.492 e. The van der Waals surface area contributed by atoms with E-state index in [0.717, 1.165) is 43.2 Å². The lowest BCUT2D eigenvalue weighted by Gasteiger charge is -2.38. The van der Waals surface area contributed by atoms with Gasteiger partial charge in [-0.05, 0) is 36.8 Å². The van der Waals surface area contributed by atoms with E-state index in [4.69, 9.17) is 9.47 Å². The Hall–Kier alpha value is -2.84. The quantitative estimate of drug-likeness (QED) is 0.694. The molecule has 0 radical (unpaired) electrons. The van der Waals surface area contributed by atoms with Crippen LogP contribution in [0.2, 0.25) is 0 Å². The number of rotatable bonds is 7. The van der Waals surface area contributed by atoms with Gasteiger partial charge in [0.1, 0.15) is 11.6 Å². The smallest absolute Gasteiger partial charge is 0.317 e. The van der Waals surface area contributed by atoms with E-state index in [-0.39, 0.29) is 17.9 Å². The fourth-order valence-corrected chi connectivity index (χ4v) is 4.50. The highest BCUT2D eigenvalue weighted by Gasteiger charge is 2.26. The maximum Gasteiger partial charge on any atom is 0.317 e. The molecule has 8 heteroatoms. The molecule has 0 saturated carbocycles. The Morgan fingerprint density at radius 2 is 1.82 bits per heavy atom. The summed E-state index contributed by atoms with van der Waals surface area (Å²) >= 11 is 0. The average molecular weight is 457 g/mol. The summed E-state index contributed by atoms with van der Waals surface area (Å²) in [5.41, 5.74) is 1.94. The number of benzene rings is 2. The molecule has 2 amide bonds. The molecule has 2 aromatic carbocycles. The molecule has 2 aromatic rings. The fraction of sp³-hybridized carbons (Fsp3) is 0.480. The van der Waals surface area contributed by atoms with Gasteiger partial charge in [0.05, 0.1) is 31.5 Å². The van der Waals surface area contributed by atoms with Crippen molar-refractivity contribution in [1.82, 2.24) is 15.1 Å². The van der Waals surface area contributed by atoms with Crippen molar-refractivity contribution in [3.05, 3.63) is 59.9 Å². The average Bonchev–Trinajstić information content (AvgIpc) is 2.85. The van der Waals surface area contributed by atoms with Gasteiger partial charge in [0.25, 0.3) is 0 Å². The number of hydrogen-bond donors (Lipinski definition) is 1. The van der Waals surface area contributed by atoms with Gasteiger partial charge in [0, 0.05) is 45.8 Å². The van der Waals surface area contributed by atoms with Crippen LogP contribution in [-0.2, 0) is 4.74 Å². The minimum absolute atomic E-state index is 0.0811. The highest BCUT2D eigenvalue weighted by Crippen LogP contribution is 2.29. The molecule has 178 valence electrons. The van der Waals surface area contributed by atoms with Gasteiger partial charge in [-0.2, -0.15) is 0 Å². The van der Waals surface area contributed by atoms with Gasteiger partial charge >= 0.3 is 6.03 Å². The molecule has 0 aromatic heterocycles. The first-order chi connectivity index (χ1) is 16.2. The number of carbonyl (C=O) groups is 1. The maximum atomic E-state index is 13.9. The number of hydrogen-bond acceptors (Lipinski definition) is 5. The molecule has 1 unspecified atom stereocenters.